The molecule has 36 heavy (non-hydrogen) atoms. The van der Waals surface area contributed by atoms with Crippen LogP contribution in [0.1, 0.15) is 28.2 Å². The van der Waals surface area contributed by atoms with Crippen molar-refractivity contribution in [2.24, 2.45) is 0 Å². The zero-order valence-corrected chi connectivity index (χ0v) is 21.2. The van der Waals surface area contributed by atoms with Gasteiger partial charge < -0.3 is 15.0 Å². The monoisotopic (exact) mass is 506 g/mol. The molecular weight excluding hydrogens is 480 g/mol. The fraction of sp³-hybridized carbons (Fsp3) is 0.240. The summed E-state index contributed by atoms with van der Waals surface area (Å²) >= 11 is 1.24. The number of carbonyl (C=O) groups is 1. The average molecular weight is 507 g/mol. The third-order valence-corrected chi connectivity index (χ3v) is 6.40. The predicted octanol–water partition coefficient (Wildman–Crippen LogP) is 2.90. The fourth-order valence-electron chi connectivity index (χ4n) is 3.97. The highest BCUT2D eigenvalue weighted by molar-refractivity contribution is 7.99. The molecule has 4 aromatic rings. The second-order valence-corrected chi connectivity index (χ2v) is 9.28. The summed E-state index contributed by atoms with van der Waals surface area (Å²) in [5.41, 5.74) is 3.99. The van der Waals surface area contributed by atoms with Gasteiger partial charge in [0, 0.05) is 29.6 Å². The molecule has 0 aliphatic carbocycles. The normalized spacial score (nSPS) is 10.9. The number of rotatable bonds is 8. The van der Waals surface area contributed by atoms with Gasteiger partial charge in [-0.3, -0.25) is 19.1 Å². The molecule has 0 unspecified atom stereocenters. The lowest BCUT2D eigenvalue weighted by atomic mass is 10.1. The van der Waals surface area contributed by atoms with Crippen LogP contribution in [0.15, 0.2) is 57.2 Å². The van der Waals surface area contributed by atoms with Crippen LogP contribution in [-0.2, 0) is 11.2 Å². The average Bonchev–Trinajstić information content (AvgIpc) is 3.21. The number of nitrogens with one attached hydrogen (secondary N) is 3. The standard InChI is InChI=1S/C25H26N6O4S/c1-14-9-15(2)23(16(3)10-14)27-22(33)13-36-25-30-29-20(11-17-12-21(32)28-24(34)26-17)31(25)18-5-7-19(35-4)8-6-18/h5-10,12H,11,13H2,1-4H3,(H,27,33)(H2,26,28,32,34). The second kappa shape index (κ2) is 10.6. The predicted molar refractivity (Wildman–Crippen MR) is 138 cm³/mol. The molecule has 2 heterocycles. The molecule has 0 aliphatic heterocycles. The van der Waals surface area contributed by atoms with Crippen molar-refractivity contribution in [3.8, 4) is 11.4 Å². The third-order valence-electron chi connectivity index (χ3n) is 5.47. The molecule has 0 radical (unpaired) electrons. The molecule has 2 aromatic carbocycles. The number of amides is 1. The van der Waals surface area contributed by atoms with E-state index in [4.69, 9.17) is 4.74 Å². The molecular formula is C25H26N6O4S. The summed E-state index contributed by atoms with van der Waals surface area (Å²) in [7, 11) is 1.58. The summed E-state index contributed by atoms with van der Waals surface area (Å²) in [5, 5.41) is 12.1. The number of methoxy groups -OCH3 is 1. The molecule has 10 nitrogen and oxygen atoms in total. The number of aromatic amines is 2. The van der Waals surface area contributed by atoms with E-state index in [2.05, 4.69) is 25.5 Å². The number of nitrogens with zero attached hydrogens (tertiary/aromatic N) is 3. The number of ether oxygens (including phenoxy) is 1. The first-order valence-electron chi connectivity index (χ1n) is 11.1. The van der Waals surface area contributed by atoms with Crippen molar-refractivity contribution >= 4 is 23.4 Å². The molecule has 0 saturated heterocycles. The van der Waals surface area contributed by atoms with Crippen molar-refractivity contribution < 1.29 is 9.53 Å². The van der Waals surface area contributed by atoms with Gasteiger partial charge in [0.1, 0.15) is 11.6 Å². The Labute approximate surface area is 211 Å². The summed E-state index contributed by atoms with van der Waals surface area (Å²) in [5.74, 6) is 1.13. The van der Waals surface area contributed by atoms with E-state index in [-0.39, 0.29) is 18.1 Å². The van der Waals surface area contributed by atoms with Crippen LogP contribution >= 0.6 is 11.8 Å². The van der Waals surface area contributed by atoms with E-state index in [1.807, 2.05) is 45.0 Å². The minimum absolute atomic E-state index is 0.114. The van der Waals surface area contributed by atoms with E-state index in [0.29, 0.717) is 22.4 Å². The Morgan fingerprint density at radius 3 is 2.36 bits per heavy atom. The quantitative estimate of drug-likeness (QED) is 0.313. The van der Waals surface area contributed by atoms with Crippen molar-refractivity contribution in [2.75, 3.05) is 18.2 Å². The van der Waals surface area contributed by atoms with E-state index in [1.165, 1.54) is 17.8 Å². The number of anilines is 1. The van der Waals surface area contributed by atoms with Crippen LogP contribution in [0.25, 0.3) is 5.69 Å². The van der Waals surface area contributed by atoms with Crippen LogP contribution in [0.4, 0.5) is 5.69 Å². The van der Waals surface area contributed by atoms with E-state index in [9.17, 15) is 14.4 Å². The topological polar surface area (TPSA) is 135 Å². The van der Waals surface area contributed by atoms with E-state index >= 15 is 0 Å². The van der Waals surface area contributed by atoms with E-state index in [0.717, 1.165) is 28.1 Å². The summed E-state index contributed by atoms with van der Waals surface area (Å²) in [6, 6.07) is 12.7. The molecule has 4 rings (SSSR count). The number of thioether (sulfide) groups is 1. The van der Waals surface area contributed by atoms with Crippen molar-refractivity contribution in [3.05, 3.63) is 91.5 Å². The maximum absolute atomic E-state index is 12.8. The van der Waals surface area contributed by atoms with Crippen molar-refractivity contribution in [1.82, 2.24) is 24.7 Å². The van der Waals surface area contributed by atoms with Gasteiger partial charge in [0.05, 0.1) is 12.9 Å². The molecule has 0 fully saturated rings. The van der Waals surface area contributed by atoms with Gasteiger partial charge in [0.25, 0.3) is 5.56 Å². The lowest BCUT2D eigenvalue weighted by molar-refractivity contribution is -0.113. The number of benzene rings is 2. The van der Waals surface area contributed by atoms with Gasteiger partial charge >= 0.3 is 5.69 Å². The Balaban J connectivity index is 1.60. The number of aryl methyl sites for hydroxylation is 3. The van der Waals surface area contributed by atoms with Gasteiger partial charge in [-0.05, 0) is 56.2 Å². The van der Waals surface area contributed by atoms with Crippen LogP contribution in [-0.4, -0.2) is 43.5 Å². The Hall–Kier alpha value is -4.12. The van der Waals surface area contributed by atoms with E-state index in [1.54, 1.807) is 23.8 Å². The van der Waals surface area contributed by atoms with Crippen molar-refractivity contribution in [3.63, 3.8) is 0 Å². The van der Waals surface area contributed by atoms with Crippen LogP contribution in [0.2, 0.25) is 0 Å². The summed E-state index contributed by atoms with van der Waals surface area (Å²) in [4.78, 5) is 41.0. The Morgan fingerprint density at radius 1 is 1.03 bits per heavy atom. The molecule has 186 valence electrons. The van der Waals surface area contributed by atoms with Gasteiger partial charge in [-0.1, -0.05) is 29.5 Å². The zero-order valence-electron chi connectivity index (χ0n) is 20.3. The second-order valence-electron chi connectivity index (χ2n) is 8.33. The van der Waals surface area contributed by atoms with E-state index < -0.39 is 11.2 Å². The molecule has 0 aliphatic rings. The minimum atomic E-state index is -0.596. The van der Waals surface area contributed by atoms with Gasteiger partial charge in [-0.2, -0.15) is 0 Å². The van der Waals surface area contributed by atoms with Crippen molar-refractivity contribution in [1.29, 1.82) is 0 Å². The number of hydrogen-bond donors (Lipinski definition) is 3. The number of aromatic nitrogens is 5. The van der Waals surface area contributed by atoms with Crippen molar-refractivity contribution in [2.45, 2.75) is 32.3 Å². The maximum atomic E-state index is 12.8. The zero-order chi connectivity index (χ0) is 25.8. The highest BCUT2D eigenvalue weighted by Crippen LogP contribution is 2.26. The Bertz CT molecular complexity index is 1470. The minimum Gasteiger partial charge on any atom is -0.497 e. The highest BCUT2D eigenvalue weighted by Gasteiger charge is 2.18. The fourth-order valence-corrected chi connectivity index (χ4v) is 4.74. The molecule has 0 atom stereocenters. The van der Waals surface area contributed by atoms with Crippen LogP contribution < -0.4 is 21.3 Å². The molecule has 11 heteroatoms. The highest BCUT2D eigenvalue weighted by atomic mass is 32.2. The van der Waals surface area contributed by atoms with Gasteiger partial charge in [0.2, 0.25) is 5.91 Å². The Morgan fingerprint density at radius 2 is 1.72 bits per heavy atom. The smallest absolute Gasteiger partial charge is 0.325 e. The SMILES string of the molecule is COc1ccc(-n2c(Cc3cc(=O)[nH]c(=O)[nH]3)nnc2SCC(=O)Nc2c(C)cc(C)cc2C)cc1. The van der Waals surface area contributed by atoms with Crippen LogP contribution in [0, 0.1) is 20.8 Å². The molecule has 3 N–H and O–H groups in total. The molecule has 2 aromatic heterocycles. The molecule has 0 bridgehead atoms. The maximum Gasteiger partial charge on any atom is 0.325 e. The van der Waals surface area contributed by atoms with Crippen LogP contribution in [0.5, 0.6) is 5.75 Å². The number of H-pyrrole nitrogens is 2. The first-order valence-corrected chi connectivity index (χ1v) is 12.1. The lowest BCUT2D eigenvalue weighted by Crippen LogP contribution is -2.23. The third kappa shape index (κ3) is 5.74. The first-order chi connectivity index (χ1) is 17.2. The summed E-state index contributed by atoms with van der Waals surface area (Å²) in [6.07, 6.45) is 0.159. The van der Waals surface area contributed by atoms with Gasteiger partial charge in [-0.25, -0.2) is 4.79 Å². The largest absolute Gasteiger partial charge is 0.497 e. The van der Waals surface area contributed by atoms with Gasteiger partial charge in [-0.15, -0.1) is 10.2 Å². The summed E-state index contributed by atoms with van der Waals surface area (Å²) in [6.45, 7) is 5.95. The number of hydrogen-bond acceptors (Lipinski definition) is 7. The molecule has 1 amide bonds. The summed E-state index contributed by atoms with van der Waals surface area (Å²) < 4.78 is 7.05. The van der Waals surface area contributed by atoms with Crippen LogP contribution in [0.3, 0.4) is 0 Å². The first kappa shape index (κ1) is 25.0. The Kier molecular flexibility index (Phi) is 7.39. The number of carbonyl (C=O) groups excluding carboxylic acids is 1. The van der Waals surface area contributed by atoms with Gasteiger partial charge in [0.15, 0.2) is 5.16 Å². The molecule has 0 saturated carbocycles. The molecule has 0 spiro atoms. The lowest BCUT2D eigenvalue weighted by Gasteiger charge is -2.13.